The number of anilines is 1. The highest BCUT2D eigenvalue weighted by molar-refractivity contribution is 6.33. The highest BCUT2D eigenvalue weighted by Crippen LogP contribution is 2.31. The van der Waals surface area contributed by atoms with Gasteiger partial charge in [0, 0.05) is 10.7 Å². The van der Waals surface area contributed by atoms with E-state index in [1.54, 1.807) is 22.9 Å². The molecule has 0 atom stereocenters. The Kier molecular flexibility index (Phi) is 3.77. The number of hydrogen-bond acceptors (Lipinski definition) is 4. The summed E-state index contributed by atoms with van der Waals surface area (Å²) in [5, 5.41) is 12.9. The Morgan fingerprint density at radius 2 is 1.76 bits per heavy atom. The average molecular weight is 320 g/mol. The SMILES string of the molecule is Nc1cccc(Cl)c1-c1nnnn1Cc1ccccc1Cl. The summed E-state index contributed by atoms with van der Waals surface area (Å²) in [6, 6.07) is 12.8. The van der Waals surface area contributed by atoms with E-state index >= 15 is 0 Å². The first-order valence-corrected chi connectivity index (χ1v) is 6.96. The largest absolute Gasteiger partial charge is 0.398 e. The van der Waals surface area contributed by atoms with Crippen LogP contribution in [0.5, 0.6) is 0 Å². The fourth-order valence-corrected chi connectivity index (χ4v) is 2.52. The molecule has 106 valence electrons. The molecule has 0 amide bonds. The predicted octanol–water partition coefficient (Wildman–Crippen LogP) is 3.28. The molecule has 7 heteroatoms. The maximum absolute atomic E-state index is 6.21. The van der Waals surface area contributed by atoms with Crippen molar-refractivity contribution in [1.29, 1.82) is 0 Å². The van der Waals surface area contributed by atoms with E-state index in [4.69, 9.17) is 28.9 Å². The van der Waals surface area contributed by atoms with E-state index in [1.807, 2.05) is 24.3 Å². The number of nitrogen functional groups attached to an aromatic ring is 1. The molecule has 0 aliphatic carbocycles. The minimum atomic E-state index is 0.437. The van der Waals surface area contributed by atoms with E-state index in [0.29, 0.717) is 33.7 Å². The van der Waals surface area contributed by atoms with Crippen LogP contribution in [0.1, 0.15) is 5.56 Å². The number of nitrogens with two attached hydrogens (primary N) is 1. The predicted molar refractivity (Wildman–Crippen MR) is 83.2 cm³/mol. The van der Waals surface area contributed by atoms with Crippen molar-refractivity contribution < 1.29 is 0 Å². The van der Waals surface area contributed by atoms with Crippen molar-refractivity contribution in [2.75, 3.05) is 5.73 Å². The molecule has 0 radical (unpaired) electrons. The average Bonchev–Trinajstić information content (AvgIpc) is 2.89. The van der Waals surface area contributed by atoms with Gasteiger partial charge in [-0.3, -0.25) is 0 Å². The van der Waals surface area contributed by atoms with Crippen LogP contribution in [0.2, 0.25) is 10.0 Å². The van der Waals surface area contributed by atoms with Gasteiger partial charge in [-0.1, -0.05) is 47.5 Å². The van der Waals surface area contributed by atoms with Gasteiger partial charge >= 0.3 is 0 Å². The van der Waals surface area contributed by atoms with Gasteiger partial charge in [-0.15, -0.1) is 5.10 Å². The van der Waals surface area contributed by atoms with Crippen LogP contribution in [0, 0.1) is 0 Å². The lowest BCUT2D eigenvalue weighted by atomic mass is 10.1. The molecule has 3 rings (SSSR count). The van der Waals surface area contributed by atoms with Crippen LogP contribution in [0.25, 0.3) is 11.4 Å². The van der Waals surface area contributed by atoms with Crippen molar-refractivity contribution in [3.63, 3.8) is 0 Å². The van der Waals surface area contributed by atoms with Crippen molar-refractivity contribution in [1.82, 2.24) is 20.2 Å². The molecule has 5 nitrogen and oxygen atoms in total. The minimum absolute atomic E-state index is 0.437. The molecule has 0 saturated carbocycles. The fourth-order valence-electron chi connectivity index (χ4n) is 2.05. The Hall–Kier alpha value is -2.11. The van der Waals surface area contributed by atoms with E-state index in [-0.39, 0.29) is 0 Å². The van der Waals surface area contributed by atoms with E-state index in [0.717, 1.165) is 5.56 Å². The minimum Gasteiger partial charge on any atom is -0.398 e. The van der Waals surface area contributed by atoms with E-state index in [9.17, 15) is 0 Å². The lowest BCUT2D eigenvalue weighted by Crippen LogP contribution is -2.06. The molecule has 1 heterocycles. The van der Waals surface area contributed by atoms with Crippen LogP contribution in [-0.4, -0.2) is 20.2 Å². The number of rotatable bonds is 3. The normalized spacial score (nSPS) is 10.8. The first-order chi connectivity index (χ1) is 10.2. The maximum atomic E-state index is 6.21. The van der Waals surface area contributed by atoms with Crippen molar-refractivity contribution in [3.8, 4) is 11.4 Å². The Balaban J connectivity index is 2.04. The zero-order valence-electron chi connectivity index (χ0n) is 10.9. The zero-order valence-corrected chi connectivity index (χ0v) is 12.4. The second-order valence-corrected chi connectivity index (χ2v) is 5.27. The van der Waals surface area contributed by atoms with Gasteiger partial charge in [-0.2, -0.15) is 0 Å². The Bertz CT molecular complexity index is 764. The Labute approximate surface area is 131 Å². The van der Waals surface area contributed by atoms with Crippen LogP contribution in [-0.2, 0) is 6.54 Å². The highest BCUT2D eigenvalue weighted by atomic mass is 35.5. The number of hydrogen-bond donors (Lipinski definition) is 1. The summed E-state index contributed by atoms with van der Waals surface area (Å²) in [5.74, 6) is 0.512. The molecule has 0 spiro atoms. The van der Waals surface area contributed by atoms with E-state index in [2.05, 4.69) is 15.5 Å². The van der Waals surface area contributed by atoms with Crippen molar-refractivity contribution >= 4 is 28.9 Å². The van der Waals surface area contributed by atoms with Gasteiger partial charge in [0.15, 0.2) is 5.82 Å². The molecular formula is C14H11Cl2N5. The molecule has 21 heavy (non-hydrogen) atoms. The summed E-state index contributed by atoms with van der Waals surface area (Å²) in [6.07, 6.45) is 0. The van der Waals surface area contributed by atoms with Crippen LogP contribution >= 0.6 is 23.2 Å². The van der Waals surface area contributed by atoms with E-state index in [1.165, 1.54) is 0 Å². The van der Waals surface area contributed by atoms with E-state index < -0.39 is 0 Å². The maximum Gasteiger partial charge on any atom is 0.185 e. The standard InChI is InChI=1S/C14H11Cl2N5/c15-10-5-2-1-4-9(10)8-21-14(18-19-20-21)13-11(16)6-3-7-12(13)17/h1-7H,8,17H2. The first kappa shape index (κ1) is 13.9. The molecule has 0 aliphatic heterocycles. The Morgan fingerprint density at radius 3 is 2.52 bits per heavy atom. The van der Waals surface area contributed by atoms with Crippen molar-refractivity contribution in [3.05, 3.63) is 58.1 Å². The number of benzene rings is 2. The third-order valence-electron chi connectivity index (χ3n) is 3.08. The molecule has 0 aliphatic rings. The third-order valence-corrected chi connectivity index (χ3v) is 3.76. The number of halogens is 2. The van der Waals surface area contributed by atoms with Crippen LogP contribution < -0.4 is 5.73 Å². The van der Waals surface area contributed by atoms with Crippen molar-refractivity contribution in [2.24, 2.45) is 0 Å². The van der Waals surface area contributed by atoms with Gasteiger partial charge in [0.1, 0.15) is 0 Å². The van der Waals surface area contributed by atoms with Gasteiger partial charge in [0.05, 0.1) is 17.1 Å². The summed E-state index contributed by atoms with van der Waals surface area (Å²) >= 11 is 12.4. The second kappa shape index (κ2) is 5.71. The first-order valence-electron chi connectivity index (χ1n) is 6.21. The topological polar surface area (TPSA) is 69.6 Å². The smallest absolute Gasteiger partial charge is 0.185 e. The highest BCUT2D eigenvalue weighted by Gasteiger charge is 2.16. The molecule has 3 aromatic rings. The quantitative estimate of drug-likeness (QED) is 0.752. The summed E-state index contributed by atoms with van der Waals surface area (Å²) < 4.78 is 1.62. The number of tetrazole rings is 1. The van der Waals surface area contributed by atoms with Crippen molar-refractivity contribution in [2.45, 2.75) is 6.54 Å². The monoisotopic (exact) mass is 319 g/mol. The van der Waals surface area contributed by atoms with Gasteiger partial charge in [0.25, 0.3) is 0 Å². The van der Waals surface area contributed by atoms with Gasteiger partial charge in [-0.05, 0) is 34.2 Å². The van der Waals surface area contributed by atoms with Crippen LogP contribution in [0.4, 0.5) is 5.69 Å². The molecular weight excluding hydrogens is 309 g/mol. The third kappa shape index (κ3) is 2.70. The van der Waals surface area contributed by atoms with Crippen LogP contribution in [0.3, 0.4) is 0 Å². The molecule has 0 bridgehead atoms. The molecule has 0 saturated heterocycles. The Morgan fingerprint density at radius 1 is 1.00 bits per heavy atom. The lowest BCUT2D eigenvalue weighted by molar-refractivity contribution is 0.653. The second-order valence-electron chi connectivity index (χ2n) is 4.46. The molecule has 2 aromatic carbocycles. The summed E-state index contributed by atoms with van der Waals surface area (Å²) in [5.41, 5.74) is 8.05. The number of nitrogens with zero attached hydrogens (tertiary/aromatic N) is 4. The molecule has 2 N–H and O–H groups in total. The summed E-state index contributed by atoms with van der Waals surface area (Å²) in [6.45, 7) is 0.437. The molecule has 1 aromatic heterocycles. The zero-order chi connectivity index (χ0) is 14.8. The summed E-state index contributed by atoms with van der Waals surface area (Å²) in [7, 11) is 0. The summed E-state index contributed by atoms with van der Waals surface area (Å²) in [4.78, 5) is 0. The molecule has 0 fully saturated rings. The number of aromatic nitrogens is 4. The van der Waals surface area contributed by atoms with Gasteiger partial charge in [0.2, 0.25) is 0 Å². The molecule has 0 unspecified atom stereocenters. The van der Waals surface area contributed by atoms with Gasteiger partial charge < -0.3 is 5.73 Å². The van der Waals surface area contributed by atoms with Gasteiger partial charge in [-0.25, -0.2) is 4.68 Å². The van der Waals surface area contributed by atoms with Crippen LogP contribution in [0.15, 0.2) is 42.5 Å². The fraction of sp³-hybridized carbons (Fsp3) is 0.0714. The lowest BCUT2D eigenvalue weighted by Gasteiger charge is -2.09.